The second-order valence-electron chi connectivity index (χ2n) is 6.70. The van der Waals surface area contributed by atoms with Gasteiger partial charge in [-0.3, -0.25) is 9.36 Å². The Morgan fingerprint density at radius 1 is 1.17 bits per heavy atom. The number of hydrogen-bond donors (Lipinski definition) is 1. The first kappa shape index (κ1) is 21.4. The average molecular weight is 431 g/mol. The number of halogens is 1. The van der Waals surface area contributed by atoms with Gasteiger partial charge in [-0.05, 0) is 38.1 Å². The molecule has 3 rings (SSSR count). The highest BCUT2D eigenvalue weighted by molar-refractivity contribution is 7.99. The van der Waals surface area contributed by atoms with Gasteiger partial charge in [-0.2, -0.15) is 0 Å². The van der Waals surface area contributed by atoms with E-state index in [1.54, 1.807) is 7.11 Å². The molecule has 152 valence electrons. The second kappa shape index (κ2) is 9.91. The van der Waals surface area contributed by atoms with Crippen LogP contribution in [-0.4, -0.2) is 46.2 Å². The Morgan fingerprint density at radius 3 is 2.52 bits per heavy atom. The van der Waals surface area contributed by atoms with Crippen molar-refractivity contribution in [2.75, 3.05) is 19.5 Å². The van der Waals surface area contributed by atoms with Gasteiger partial charge in [-0.1, -0.05) is 53.2 Å². The molecular formula is C21H23ClN4O2S. The van der Waals surface area contributed by atoms with Gasteiger partial charge >= 0.3 is 0 Å². The summed E-state index contributed by atoms with van der Waals surface area (Å²) in [5.41, 5.74) is 3.00. The molecule has 0 fully saturated rings. The lowest BCUT2D eigenvalue weighted by atomic mass is 10.1. The molecule has 1 aromatic heterocycles. The molecule has 3 aromatic rings. The van der Waals surface area contributed by atoms with Crippen LogP contribution in [0.4, 0.5) is 0 Å². The molecule has 29 heavy (non-hydrogen) atoms. The van der Waals surface area contributed by atoms with Crippen LogP contribution in [0, 0.1) is 6.92 Å². The van der Waals surface area contributed by atoms with Crippen molar-refractivity contribution in [3.05, 3.63) is 59.1 Å². The lowest BCUT2D eigenvalue weighted by Crippen LogP contribution is -2.36. The molecule has 1 N–H and O–H groups in total. The van der Waals surface area contributed by atoms with Crippen LogP contribution in [0.25, 0.3) is 17.1 Å². The minimum Gasteiger partial charge on any atom is -0.383 e. The largest absolute Gasteiger partial charge is 0.383 e. The van der Waals surface area contributed by atoms with E-state index in [1.165, 1.54) is 17.3 Å². The van der Waals surface area contributed by atoms with Crippen molar-refractivity contribution in [2.24, 2.45) is 0 Å². The van der Waals surface area contributed by atoms with E-state index in [-0.39, 0.29) is 17.7 Å². The third-order valence-corrected chi connectivity index (χ3v) is 5.37. The Bertz CT molecular complexity index is 958. The third kappa shape index (κ3) is 5.59. The van der Waals surface area contributed by atoms with E-state index in [4.69, 9.17) is 16.3 Å². The molecule has 8 heteroatoms. The smallest absolute Gasteiger partial charge is 0.230 e. The van der Waals surface area contributed by atoms with Gasteiger partial charge in [0.1, 0.15) is 0 Å². The molecule has 1 amide bonds. The van der Waals surface area contributed by atoms with Crippen LogP contribution in [0.5, 0.6) is 0 Å². The van der Waals surface area contributed by atoms with Crippen molar-refractivity contribution in [1.29, 1.82) is 0 Å². The van der Waals surface area contributed by atoms with Gasteiger partial charge in [0.15, 0.2) is 11.0 Å². The maximum atomic E-state index is 12.2. The van der Waals surface area contributed by atoms with Gasteiger partial charge in [0, 0.05) is 29.4 Å². The summed E-state index contributed by atoms with van der Waals surface area (Å²) < 4.78 is 7.00. The summed E-state index contributed by atoms with van der Waals surface area (Å²) in [6.07, 6.45) is 0. The maximum absolute atomic E-state index is 12.2. The molecular weight excluding hydrogens is 408 g/mol. The number of benzene rings is 2. The molecule has 0 radical (unpaired) electrons. The van der Waals surface area contributed by atoms with Crippen LogP contribution in [0.1, 0.15) is 12.5 Å². The van der Waals surface area contributed by atoms with E-state index in [2.05, 4.69) is 15.5 Å². The van der Waals surface area contributed by atoms with Gasteiger partial charge in [-0.15, -0.1) is 10.2 Å². The molecule has 1 heterocycles. The number of carbonyl (C=O) groups is 1. The number of methoxy groups -OCH3 is 1. The molecule has 1 atom stereocenters. The summed E-state index contributed by atoms with van der Waals surface area (Å²) in [5, 5.41) is 12.9. The standard InChI is InChI=1S/C21H23ClN4O2S/c1-14-4-6-16(7-5-14)20-24-25-21(26(20)18-10-8-17(22)9-11-18)29-13-19(27)23-15(2)12-28-3/h4-11,15H,12-13H2,1-3H3,(H,23,27). The summed E-state index contributed by atoms with van der Waals surface area (Å²) in [6, 6.07) is 15.5. The van der Waals surface area contributed by atoms with Gasteiger partial charge in [0.2, 0.25) is 5.91 Å². The Labute approximate surface area is 179 Å². The molecule has 6 nitrogen and oxygen atoms in total. The molecule has 0 saturated heterocycles. The van der Waals surface area contributed by atoms with Gasteiger partial charge in [-0.25, -0.2) is 0 Å². The highest BCUT2D eigenvalue weighted by Gasteiger charge is 2.18. The van der Waals surface area contributed by atoms with Crippen LogP contribution < -0.4 is 5.32 Å². The first-order chi connectivity index (χ1) is 14.0. The molecule has 0 bridgehead atoms. The zero-order valence-corrected chi connectivity index (χ0v) is 18.1. The van der Waals surface area contributed by atoms with Crippen LogP contribution in [0.2, 0.25) is 5.02 Å². The summed E-state index contributed by atoms with van der Waals surface area (Å²) in [6.45, 7) is 4.41. The number of thioether (sulfide) groups is 1. The van der Waals surface area contributed by atoms with Crippen molar-refractivity contribution in [2.45, 2.75) is 25.0 Å². The Balaban J connectivity index is 1.88. The van der Waals surface area contributed by atoms with E-state index >= 15 is 0 Å². The first-order valence-corrected chi connectivity index (χ1v) is 10.5. The number of hydrogen-bond acceptors (Lipinski definition) is 5. The monoisotopic (exact) mass is 430 g/mol. The molecule has 1 unspecified atom stereocenters. The van der Waals surface area contributed by atoms with E-state index in [9.17, 15) is 4.79 Å². The van der Waals surface area contributed by atoms with Crippen molar-refractivity contribution in [3.63, 3.8) is 0 Å². The molecule has 0 aliphatic rings. The number of ether oxygens (including phenoxy) is 1. The van der Waals surface area contributed by atoms with Crippen molar-refractivity contribution >= 4 is 29.3 Å². The lowest BCUT2D eigenvalue weighted by Gasteiger charge is -2.13. The normalized spacial score (nSPS) is 12.0. The summed E-state index contributed by atoms with van der Waals surface area (Å²) in [7, 11) is 1.61. The zero-order chi connectivity index (χ0) is 20.8. The molecule has 0 aliphatic heterocycles. The Kier molecular flexibility index (Phi) is 7.30. The maximum Gasteiger partial charge on any atom is 0.230 e. The molecule has 0 saturated carbocycles. The third-order valence-electron chi connectivity index (χ3n) is 4.18. The van der Waals surface area contributed by atoms with E-state index in [0.717, 1.165) is 11.3 Å². The zero-order valence-electron chi connectivity index (χ0n) is 16.6. The second-order valence-corrected chi connectivity index (χ2v) is 8.08. The van der Waals surface area contributed by atoms with Crippen LogP contribution >= 0.6 is 23.4 Å². The van der Waals surface area contributed by atoms with Gasteiger partial charge in [0.25, 0.3) is 0 Å². The van der Waals surface area contributed by atoms with E-state index in [0.29, 0.717) is 22.6 Å². The van der Waals surface area contributed by atoms with Crippen LogP contribution in [-0.2, 0) is 9.53 Å². The fourth-order valence-electron chi connectivity index (χ4n) is 2.81. The van der Waals surface area contributed by atoms with Crippen molar-refractivity contribution in [1.82, 2.24) is 20.1 Å². The van der Waals surface area contributed by atoms with Crippen LogP contribution in [0.3, 0.4) is 0 Å². The average Bonchev–Trinajstić information content (AvgIpc) is 3.11. The highest BCUT2D eigenvalue weighted by Crippen LogP contribution is 2.28. The predicted molar refractivity (Wildman–Crippen MR) is 117 cm³/mol. The molecule has 0 aliphatic carbocycles. The Hall–Kier alpha value is -2.35. The fourth-order valence-corrected chi connectivity index (χ4v) is 3.70. The predicted octanol–water partition coefficient (Wildman–Crippen LogP) is 4.14. The number of nitrogens with zero attached hydrogens (tertiary/aromatic N) is 3. The van der Waals surface area contributed by atoms with Gasteiger partial charge < -0.3 is 10.1 Å². The minimum atomic E-state index is -0.0814. The molecule has 2 aromatic carbocycles. The van der Waals surface area contributed by atoms with Crippen molar-refractivity contribution < 1.29 is 9.53 Å². The molecule has 0 spiro atoms. The first-order valence-electron chi connectivity index (χ1n) is 9.17. The summed E-state index contributed by atoms with van der Waals surface area (Å²) >= 11 is 7.39. The summed E-state index contributed by atoms with van der Waals surface area (Å²) in [5.74, 6) is 0.860. The number of amides is 1. The summed E-state index contributed by atoms with van der Waals surface area (Å²) in [4.78, 5) is 12.2. The minimum absolute atomic E-state index is 0.0506. The number of aromatic nitrogens is 3. The SMILES string of the molecule is COCC(C)NC(=O)CSc1nnc(-c2ccc(C)cc2)n1-c1ccc(Cl)cc1. The number of carbonyl (C=O) groups excluding carboxylic acids is 1. The fraction of sp³-hybridized carbons (Fsp3) is 0.286. The highest BCUT2D eigenvalue weighted by atomic mass is 35.5. The lowest BCUT2D eigenvalue weighted by molar-refractivity contribution is -0.119. The quantitative estimate of drug-likeness (QED) is 0.544. The number of aryl methyl sites for hydroxylation is 1. The van der Waals surface area contributed by atoms with E-state index in [1.807, 2.05) is 66.9 Å². The topological polar surface area (TPSA) is 69.0 Å². The number of rotatable bonds is 8. The van der Waals surface area contributed by atoms with Gasteiger partial charge in [0.05, 0.1) is 12.4 Å². The van der Waals surface area contributed by atoms with Crippen LogP contribution in [0.15, 0.2) is 53.7 Å². The van der Waals surface area contributed by atoms with Crippen molar-refractivity contribution in [3.8, 4) is 17.1 Å². The van der Waals surface area contributed by atoms with E-state index < -0.39 is 0 Å². The number of nitrogens with one attached hydrogen (secondary N) is 1. The Morgan fingerprint density at radius 2 is 1.86 bits per heavy atom.